The highest BCUT2D eigenvalue weighted by Gasteiger charge is 2.24. The van der Waals surface area contributed by atoms with Gasteiger partial charge in [0, 0.05) is 24.3 Å². The minimum atomic E-state index is -0.493. The van der Waals surface area contributed by atoms with Crippen LogP contribution in [0, 0.1) is 17.2 Å². The van der Waals surface area contributed by atoms with E-state index < -0.39 is 6.10 Å². The molecule has 2 atom stereocenters. The quantitative estimate of drug-likeness (QED) is 0.902. The second kappa shape index (κ2) is 6.08. The molecule has 0 aliphatic carbocycles. The first-order valence-corrected chi connectivity index (χ1v) is 7.12. The Morgan fingerprint density at radius 2 is 2.32 bits per heavy atom. The van der Waals surface area contributed by atoms with Gasteiger partial charge in [-0.3, -0.25) is 0 Å². The predicted octanol–water partition coefficient (Wildman–Crippen LogP) is 3.24. The summed E-state index contributed by atoms with van der Waals surface area (Å²) in [5.74, 6) is 0.748. The lowest BCUT2D eigenvalue weighted by Crippen LogP contribution is -2.21. The van der Waals surface area contributed by atoms with Gasteiger partial charge in [0.05, 0.1) is 17.7 Å². The van der Waals surface area contributed by atoms with E-state index in [9.17, 15) is 5.11 Å². The fourth-order valence-electron chi connectivity index (χ4n) is 2.94. The molecular formula is C16H22N2O. The fraction of sp³-hybridized carbons (Fsp3) is 0.562. The molecule has 0 bridgehead atoms. The molecular weight excluding hydrogens is 236 g/mol. The molecule has 1 aromatic carbocycles. The Morgan fingerprint density at radius 3 is 2.95 bits per heavy atom. The molecule has 1 aliphatic rings. The molecule has 102 valence electrons. The molecule has 19 heavy (non-hydrogen) atoms. The number of rotatable bonds is 4. The van der Waals surface area contributed by atoms with Crippen molar-refractivity contribution < 1.29 is 5.11 Å². The number of benzene rings is 1. The summed E-state index contributed by atoms with van der Waals surface area (Å²) >= 11 is 0. The lowest BCUT2D eigenvalue weighted by atomic mass is 10.0. The third kappa shape index (κ3) is 3.08. The van der Waals surface area contributed by atoms with Crippen molar-refractivity contribution in [1.29, 1.82) is 5.26 Å². The van der Waals surface area contributed by atoms with Gasteiger partial charge < -0.3 is 10.0 Å². The van der Waals surface area contributed by atoms with Crippen LogP contribution in [0.1, 0.15) is 50.3 Å². The Balaban J connectivity index is 2.25. The highest BCUT2D eigenvalue weighted by atomic mass is 16.3. The summed E-state index contributed by atoms with van der Waals surface area (Å²) in [5, 5.41) is 18.9. The Bertz CT molecular complexity index is 476. The monoisotopic (exact) mass is 258 g/mol. The van der Waals surface area contributed by atoms with Gasteiger partial charge in [-0.05, 0) is 37.8 Å². The van der Waals surface area contributed by atoms with Crippen LogP contribution in [-0.2, 0) is 0 Å². The lowest BCUT2D eigenvalue weighted by Gasteiger charge is -2.23. The van der Waals surface area contributed by atoms with Gasteiger partial charge in [0.25, 0.3) is 0 Å². The third-order valence-corrected chi connectivity index (χ3v) is 3.93. The maximum absolute atomic E-state index is 9.89. The van der Waals surface area contributed by atoms with E-state index in [1.807, 2.05) is 12.1 Å². The van der Waals surface area contributed by atoms with Crippen LogP contribution < -0.4 is 4.90 Å². The van der Waals surface area contributed by atoms with Crippen molar-refractivity contribution in [3.8, 4) is 6.07 Å². The SMILES string of the molecule is CCCC1CCN(c2cc(C#N)ccc2C(C)O)C1. The molecule has 1 N–H and O–H groups in total. The summed E-state index contributed by atoms with van der Waals surface area (Å²) in [6.45, 7) is 6.08. The largest absolute Gasteiger partial charge is 0.389 e. The first-order chi connectivity index (χ1) is 9.15. The standard InChI is InChI=1S/C16H22N2O/c1-3-4-13-7-8-18(11-13)16-9-14(10-17)5-6-15(16)12(2)19/h5-6,9,12-13,19H,3-4,7-8,11H2,1-2H3. The molecule has 1 aliphatic heterocycles. The smallest absolute Gasteiger partial charge is 0.0992 e. The van der Waals surface area contributed by atoms with Crippen molar-refractivity contribution in [2.24, 2.45) is 5.92 Å². The summed E-state index contributed by atoms with van der Waals surface area (Å²) in [6, 6.07) is 7.76. The number of nitriles is 1. The molecule has 1 aromatic rings. The molecule has 1 saturated heterocycles. The summed E-state index contributed by atoms with van der Waals surface area (Å²) in [4.78, 5) is 2.32. The molecule has 2 unspecified atom stereocenters. The second-order valence-electron chi connectivity index (χ2n) is 5.45. The molecule has 0 radical (unpaired) electrons. The molecule has 0 aromatic heterocycles. The fourth-order valence-corrected chi connectivity index (χ4v) is 2.94. The van der Waals surface area contributed by atoms with Gasteiger partial charge in [0.1, 0.15) is 0 Å². The molecule has 1 fully saturated rings. The van der Waals surface area contributed by atoms with Crippen LogP contribution >= 0.6 is 0 Å². The highest BCUT2D eigenvalue weighted by Crippen LogP contribution is 2.32. The van der Waals surface area contributed by atoms with Gasteiger partial charge >= 0.3 is 0 Å². The van der Waals surface area contributed by atoms with Crippen LogP contribution in [0.4, 0.5) is 5.69 Å². The first-order valence-electron chi connectivity index (χ1n) is 7.12. The summed E-state index contributed by atoms with van der Waals surface area (Å²) in [5.41, 5.74) is 2.63. The van der Waals surface area contributed by atoms with E-state index in [1.165, 1.54) is 19.3 Å². The van der Waals surface area contributed by atoms with Crippen LogP contribution in [0.25, 0.3) is 0 Å². The zero-order valence-corrected chi connectivity index (χ0v) is 11.8. The molecule has 0 amide bonds. The minimum Gasteiger partial charge on any atom is -0.389 e. The van der Waals surface area contributed by atoms with Crippen LogP contribution in [0.2, 0.25) is 0 Å². The number of nitrogens with zero attached hydrogens (tertiary/aromatic N) is 2. The van der Waals surface area contributed by atoms with Crippen LogP contribution in [0.5, 0.6) is 0 Å². The van der Waals surface area contributed by atoms with Crippen LogP contribution in [0.3, 0.4) is 0 Å². The van der Waals surface area contributed by atoms with E-state index in [4.69, 9.17) is 5.26 Å². The zero-order chi connectivity index (χ0) is 13.8. The molecule has 0 saturated carbocycles. The Hall–Kier alpha value is -1.53. The number of aliphatic hydroxyl groups excluding tert-OH is 1. The number of aliphatic hydroxyl groups is 1. The highest BCUT2D eigenvalue weighted by molar-refractivity contribution is 5.59. The molecule has 2 rings (SSSR count). The summed E-state index contributed by atoms with van der Waals surface area (Å²) in [7, 11) is 0. The average Bonchev–Trinajstić information content (AvgIpc) is 2.87. The van der Waals surface area contributed by atoms with E-state index in [-0.39, 0.29) is 0 Å². The van der Waals surface area contributed by atoms with Crippen molar-refractivity contribution in [2.75, 3.05) is 18.0 Å². The first kappa shape index (κ1) is 13.9. The minimum absolute atomic E-state index is 0.493. The summed E-state index contributed by atoms with van der Waals surface area (Å²) in [6.07, 6.45) is 3.20. The third-order valence-electron chi connectivity index (χ3n) is 3.93. The van der Waals surface area contributed by atoms with Gasteiger partial charge in [-0.25, -0.2) is 0 Å². The van der Waals surface area contributed by atoms with E-state index in [0.29, 0.717) is 5.56 Å². The average molecular weight is 258 g/mol. The molecule has 3 nitrogen and oxygen atoms in total. The summed E-state index contributed by atoms with van der Waals surface area (Å²) < 4.78 is 0. The Morgan fingerprint density at radius 1 is 1.53 bits per heavy atom. The Kier molecular flexibility index (Phi) is 4.44. The maximum atomic E-state index is 9.89. The van der Waals surface area contributed by atoms with Crippen LogP contribution in [-0.4, -0.2) is 18.2 Å². The maximum Gasteiger partial charge on any atom is 0.0992 e. The number of hydrogen-bond acceptors (Lipinski definition) is 3. The van der Waals surface area contributed by atoms with Gasteiger partial charge in [-0.1, -0.05) is 19.4 Å². The Labute approximate surface area is 115 Å². The second-order valence-corrected chi connectivity index (χ2v) is 5.45. The van der Waals surface area contributed by atoms with Crippen LogP contribution in [0.15, 0.2) is 18.2 Å². The predicted molar refractivity (Wildman–Crippen MR) is 77.0 cm³/mol. The van der Waals surface area contributed by atoms with Crippen molar-refractivity contribution in [2.45, 2.75) is 39.2 Å². The lowest BCUT2D eigenvalue weighted by molar-refractivity contribution is 0.199. The van der Waals surface area contributed by atoms with Crippen molar-refractivity contribution in [3.63, 3.8) is 0 Å². The zero-order valence-electron chi connectivity index (χ0n) is 11.8. The number of hydrogen-bond donors (Lipinski definition) is 1. The van der Waals surface area contributed by atoms with E-state index in [1.54, 1.807) is 13.0 Å². The van der Waals surface area contributed by atoms with E-state index in [2.05, 4.69) is 17.9 Å². The number of anilines is 1. The normalized spacial score (nSPS) is 20.3. The van der Waals surface area contributed by atoms with Crippen molar-refractivity contribution in [1.82, 2.24) is 0 Å². The molecule has 1 heterocycles. The molecule has 3 heteroatoms. The molecule has 0 spiro atoms. The topological polar surface area (TPSA) is 47.3 Å². The van der Waals surface area contributed by atoms with Crippen molar-refractivity contribution in [3.05, 3.63) is 29.3 Å². The van der Waals surface area contributed by atoms with Crippen molar-refractivity contribution >= 4 is 5.69 Å². The van der Waals surface area contributed by atoms with Gasteiger partial charge in [0.15, 0.2) is 0 Å². The van der Waals surface area contributed by atoms with Gasteiger partial charge in [0.2, 0.25) is 0 Å². The van der Waals surface area contributed by atoms with Gasteiger partial charge in [-0.15, -0.1) is 0 Å². The van der Waals surface area contributed by atoms with E-state index in [0.717, 1.165) is 30.3 Å². The van der Waals surface area contributed by atoms with E-state index >= 15 is 0 Å². The van der Waals surface area contributed by atoms with Gasteiger partial charge in [-0.2, -0.15) is 5.26 Å².